The summed E-state index contributed by atoms with van der Waals surface area (Å²) in [6, 6.07) is 3.49. The Morgan fingerprint density at radius 2 is 2.18 bits per heavy atom. The van der Waals surface area contributed by atoms with Crippen molar-refractivity contribution in [3.63, 3.8) is 0 Å². The van der Waals surface area contributed by atoms with Crippen molar-refractivity contribution in [1.82, 2.24) is 20.4 Å². The first-order valence-corrected chi connectivity index (χ1v) is 5.56. The van der Waals surface area contributed by atoms with Gasteiger partial charge in [0, 0.05) is 6.20 Å². The molecule has 0 bridgehead atoms. The molecular formula is C11H13ClN4O. The Kier molecular flexibility index (Phi) is 3.13. The van der Waals surface area contributed by atoms with Gasteiger partial charge in [0.15, 0.2) is 0 Å². The fourth-order valence-electron chi connectivity index (χ4n) is 1.23. The van der Waals surface area contributed by atoms with Gasteiger partial charge >= 0.3 is 0 Å². The summed E-state index contributed by atoms with van der Waals surface area (Å²) >= 11 is 6.02. The van der Waals surface area contributed by atoms with Gasteiger partial charge in [-0.15, -0.1) is 0 Å². The van der Waals surface area contributed by atoms with E-state index in [1.807, 2.05) is 20.9 Å². The van der Waals surface area contributed by atoms with Crippen molar-refractivity contribution in [2.24, 2.45) is 0 Å². The molecule has 6 heteroatoms. The normalized spacial score (nSPS) is 11.8. The number of rotatable bonds is 3. The lowest BCUT2D eigenvalue weighted by atomic mass is 10.1. The minimum absolute atomic E-state index is 0.382. The molecule has 0 aliphatic carbocycles. The predicted octanol–water partition coefficient (Wildman–Crippen LogP) is 2.24. The number of halogens is 1. The first-order valence-electron chi connectivity index (χ1n) is 5.18. The van der Waals surface area contributed by atoms with E-state index in [0.717, 1.165) is 0 Å². The number of nitrogens with one attached hydrogen (secondary N) is 1. The molecule has 2 rings (SSSR count). The number of hydrogen-bond acceptors (Lipinski definition) is 5. The van der Waals surface area contributed by atoms with E-state index in [9.17, 15) is 0 Å². The molecule has 17 heavy (non-hydrogen) atoms. The topological polar surface area (TPSA) is 63.8 Å². The van der Waals surface area contributed by atoms with E-state index in [0.29, 0.717) is 22.4 Å². The fraction of sp³-hybridized carbons (Fsp3) is 0.364. The summed E-state index contributed by atoms with van der Waals surface area (Å²) < 4.78 is 5.21. The molecule has 0 spiro atoms. The van der Waals surface area contributed by atoms with Gasteiger partial charge in [0.1, 0.15) is 5.69 Å². The van der Waals surface area contributed by atoms with E-state index in [1.54, 1.807) is 18.3 Å². The van der Waals surface area contributed by atoms with Crippen LogP contribution < -0.4 is 5.32 Å². The highest BCUT2D eigenvalue weighted by Crippen LogP contribution is 2.25. The van der Waals surface area contributed by atoms with Gasteiger partial charge in [-0.2, -0.15) is 4.98 Å². The van der Waals surface area contributed by atoms with Crippen molar-refractivity contribution in [1.29, 1.82) is 0 Å². The molecule has 5 nitrogen and oxygen atoms in total. The maximum atomic E-state index is 6.02. The minimum atomic E-state index is -0.382. The maximum Gasteiger partial charge on any atom is 0.246 e. The molecule has 90 valence electrons. The second-order valence-electron chi connectivity index (χ2n) is 4.13. The molecule has 0 amide bonds. The monoisotopic (exact) mass is 252 g/mol. The van der Waals surface area contributed by atoms with Crippen LogP contribution in [0.1, 0.15) is 19.7 Å². The van der Waals surface area contributed by atoms with Crippen LogP contribution in [0.3, 0.4) is 0 Å². The SMILES string of the molecule is CNC(C)(C)c1nc(-c2ncccc2Cl)no1. The van der Waals surface area contributed by atoms with Crippen LogP contribution in [-0.2, 0) is 5.54 Å². The van der Waals surface area contributed by atoms with Crippen LogP contribution in [0.2, 0.25) is 5.02 Å². The second kappa shape index (κ2) is 4.43. The van der Waals surface area contributed by atoms with E-state index >= 15 is 0 Å². The molecule has 2 aromatic rings. The summed E-state index contributed by atoms with van der Waals surface area (Å²) in [6.45, 7) is 3.90. The number of aromatic nitrogens is 3. The Bertz CT molecular complexity index is 524. The molecule has 0 unspecified atom stereocenters. The molecule has 0 aliphatic rings. The quantitative estimate of drug-likeness (QED) is 0.908. The summed E-state index contributed by atoms with van der Waals surface area (Å²) in [7, 11) is 1.83. The molecule has 2 heterocycles. The van der Waals surface area contributed by atoms with E-state index in [4.69, 9.17) is 16.1 Å². The minimum Gasteiger partial charge on any atom is -0.337 e. The molecule has 1 N–H and O–H groups in total. The van der Waals surface area contributed by atoms with Crippen molar-refractivity contribution in [3.8, 4) is 11.5 Å². The Hall–Kier alpha value is -1.46. The van der Waals surface area contributed by atoms with Gasteiger partial charge in [-0.05, 0) is 33.0 Å². The average Bonchev–Trinajstić information content (AvgIpc) is 2.79. The second-order valence-corrected chi connectivity index (χ2v) is 4.54. The van der Waals surface area contributed by atoms with Gasteiger partial charge in [-0.3, -0.25) is 4.98 Å². The molecule has 0 saturated carbocycles. The lowest BCUT2D eigenvalue weighted by molar-refractivity contribution is 0.281. The van der Waals surface area contributed by atoms with Crippen LogP contribution in [-0.4, -0.2) is 22.2 Å². The Morgan fingerprint density at radius 3 is 2.82 bits per heavy atom. The Labute approximate surface area is 104 Å². The van der Waals surface area contributed by atoms with Crippen LogP contribution in [0.15, 0.2) is 22.9 Å². The zero-order valence-electron chi connectivity index (χ0n) is 9.86. The number of pyridine rings is 1. The Morgan fingerprint density at radius 1 is 1.41 bits per heavy atom. The Balaban J connectivity index is 2.40. The maximum absolute atomic E-state index is 6.02. The summed E-state index contributed by atoms with van der Waals surface area (Å²) in [5.74, 6) is 0.894. The van der Waals surface area contributed by atoms with Crippen molar-refractivity contribution in [3.05, 3.63) is 29.2 Å². The molecule has 0 atom stereocenters. The van der Waals surface area contributed by atoms with E-state index in [1.165, 1.54) is 0 Å². The van der Waals surface area contributed by atoms with E-state index in [-0.39, 0.29) is 5.54 Å². The number of nitrogens with zero attached hydrogens (tertiary/aromatic N) is 3. The van der Waals surface area contributed by atoms with E-state index < -0.39 is 0 Å². The molecule has 0 saturated heterocycles. The van der Waals surface area contributed by atoms with Gasteiger partial charge in [0.2, 0.25) is 11.7 Å². The van der Waals surface area contributed by atoms with Gasteiger partial charge < -0.3 is 9.84 Å². The summed E-state index contributed by atoms with van der Waals surface area (Å²) in [4.78, 5) is 8.43. The van der Waals surface area contributed by atoms with Gasteiger partial charge in [0.05, 0.1) is 10.6 Å². The lowest BCUT2D eigenvalue weighted by Crippen LogP contribution is -2.33. The van der Waals surface area contributed by atoms with Crippen LogP contribution >= 0.6 is 11.6 Å². The third-order valence-corrected chi connectivity index (χ3v) is 2.86. The molecular weight excluding hydrogens is 240 g/mol. The van der Waals surface area contributed by atoms with Crippen molar-refractivity contribution < 1.29 is 4.52 Å². The smallest absolute Gasteiger partial charge is 0.246 e. The summed E-state index contributed by atoms with van der Waals surface area (Å²) in [5, 5.41) is 7.48. The highest BCUT2D eigenvalue weighted by atomic mass is 35.5. The molecule has 0 aromatic carbocycles. The first-order chi connectivity index (χ1) is 8.04. The third-order valence-electron chi connectivity index (χ3n) is 2.56. The van der Waals surface area contributed by atoms with E-state index in [2.05, 4.69) is 20.4 Å². The lowest BCUT2D eigenvalue weighted by Gasteiger charge is -2.17. The van der Waals surface area contributed by atoms with Crippen LogP contribution in [0.25, 0.3) is 11.5 Å². The van der Waals surface area contributed by atoms with Gasteiger partial charge in [0.25, 0.3) is 0 Å². The van der Waals surface area contributed by atoms with Crippen LogP contribution in [0.5, 0.6) is 0 Å². The van der Waals surface area contributed by atoms with Crippen molar-refractivity contribution in [2.75, 3.05) is 7.05 Å². The van der Waals surface area contributed by atoms with Crippen molar-refractivity contribution in [2.45, 2.75) is 19.4 Å². The predicted molar refractivity (Wildman–Crippen MR) is 64.6 cm³/mol. The standard InChI is InChI=1S/C11H13ClN4O/c1-11(2,13-3)10-15-9(16-17-10)8-7(12)5-4-6-14-8/h4-6,13H,1-3H3. The largest absolute Gasteiger partial charge is 0.337 e. The fourth-order valence-corrected chi connectivity index (χ4v) is 1.44. The summed E-state index contributed by atoms with van der Waals surface area (Å²) in [6.07, 6.45) is 1.64. The summed E-state index contributed by atoms with van der Waals surface area (Å²) in [5.41, 5.74) is 0.142. The zero-order chi connectivity index (χ0) is 12.5. The molecule has 2 aromatic heterocycles. The number of hydrogen-bond donors (Lipinski definition) is 1. The average molecular weight is 253 g/mol. The first kappa shape index (κ1) is 12.0. The molecule has 0 aliphatic heterocycles. The zero-order valence-corrected chi connectivity index (χ0v) is 10.6. The third kappa shape index (κ3) is 2.30. The van der Waals surface area contributed by atoms with Crippen molar-refractivity contribution >= 4 is 11.6 Å². The highest BCUT2D eigenvalue weighted by Gasteiger charge is 2.26. The van der Waals surface area contributed by atoms with Crippen LogP contribution in [0.4, 0.5) is 0 Å². The highest BCUT2D eigenvalue weighted by molar-refractivity contribution is 6.32. The molecule has 0 fully saturated rings. The van der Waals surface area contributed by atoms with Gasteiger partial charge in [-0.25, -0.2) is 0 Å². The molecule has 0 radical (unpaired) electrons. The van der Waals surface area contributed by atoms with Gasteiger partial charge in [-0.1, -0.05) is 16.8 Å². The van der Waals surface area contributed by atoms with Crippen LogP contribution in [0, 0.1) is 0 Å².